The lowest BCUT2D eigenvalue weighted by Gasteiger charge is -2.09. The quantitative estimate of drug-likeness (QED) is 0.512. The molecule has 30 heavy (non-hydrogen) atoms. The average Bonchev–Trinajstić information content (AvgIpc) is 3.19. The van der Waals surface area contributed by atoms with E-state index in [1.54, 1.807) is 6.92 Å². The van der Waals surface area contributed by atoms with Crippen molar-refractivity contribution >= 4 is 22.8 Å². The van der Waals surface area contributed by atoms with Crippen molar-refractivity contribution in [3.8, 4) is 5.75 Å². The van der Waals surface area contributed by atoms with E-state index in [4.69, 9.17) is 9.47 Å². The number of hydrogen-bond acceptors (Lipinski definition) is 5. The fraction of sp³-hybridized carbons (Fsp3) is 0.435. The van der Waals surface area contributed by atoms with Gasteiger partial charge in [0, 0.05) is 28.8 Å². The highest BCUT2D eigenvalue weighted by Gasteiger charge is 2.21. The van der Waals surface area contributed by atoms with Gasteiger partial charge >= 0.3 is 5.97 Å². The number of carbonyl (C=O) groups excluding carboxylic acids is 2. The molecule has 2 heterocycles. The summed E-state index contributed by atoms with van der Waals surface area (Å²) in [6, 6.07) is 7.42. The molecule has 3 aromatic rings. The Labute approximate surface area is 176 Å². The van der Waals surface area contributed by atoms with Crippen LogP contribution in [0.3, 0.4) is 0 Å². The minimum absolute atomic E-state index is 0.141. The Hall–Kier alpha value is -3.09. The van der Waals surface area contributed by atoms with Crippen molar-refractivity contribution in [3.63, 3.8) is 0 Å². The first-order chi connectivity index (χ1) is 14.4. The summed E-state index contributed by atoms with van der Waals surface area (Å²) in [7, 11) is 0. The zero-order valence-corrected chi connectivity index (χ0v) is 18.3. The SMILES string of the molecule is CCCCn1c(C)c(C(=O)OCC)c2cc(OCC(=O)n3nc(C)cc3C)ccc21. The van der Waals surface area contributed by atoms with Gasteiger partial charge in [0.25, 0.3) is 5.91 Å². The number of rotatable bonds is 8. The van der Waals surface area contributed by atoms with E-state index in [9.17, 15) is 9.59 Å². The monoisotopic (exact) mass is 411 g/mol. The van der Waals surface area contributed by atoms with Crippen LogP contribution in [0.2, 0.25) is 0 Å². The lowest BCUT2D eigenvalue weighted by molar-refractivity contribution is 0.0527. The predicted octanol–water partition coefficient (Wildman–Crippen LogP) is 4.46. The third kappa shape index (κ3) is 4.25. The van der Waals surface area contributed by atoms with Crippen LogP contribution >= 0.6 is 0 Å². The normalized spacial score (nSPS) is 11.1. The summed E-state index contributed by atoms with van der Waals surface area (Å²) in [4.78, 5) is 25.1. The van der Waals surface area contributed by atoms with Gasteiger partial charge in [-0.3, -0.25) is 4.79 Å². The van der Waals surface area contributed by atoms with E-state index < -0.39 is 0 Å². The van der Waals surface area contributed by atoms with Gasteiger partial charge in [0.2, 0.25) is 0 Å². The molecule has 0 saturated heterocycles. The van der Waals surface area contributed by atoms with E-state index in [1.165, 1.54) is 4.68 Å². The summed E-state index contributed by atoms with van der Waals surface area (Å²) in [6.45, 7) is 10.5. The second kappa shape index (κ2) is 9.15. The van der Waals surface area contributed by atoms with Crippen LogP contribution in [0, 0.1) is 20.8 Å². The van der Waals surface area contributed by atoms with E-state index in [1.807, 2.05) is 45.0 Å². The van der Waals surface area contributed by atoms with E-state index >= 15 is 0 Å². The fourth-order valence-electron chi connectivity index (χ4n) is 3.70. The standard InChI is InChI=1S/C23H29N3O4/c1-6-8-11-25-17(5)22(23(28)29-7-2)19-13-18(9-10-20(19)25)30-14-21(27)26-16(4)12-15(3)24-26/h9-10,12-13H,6-8,11,14H2,1-5H3. The third-order valence-electron chi connectivity index (χ3n) is 5.12. The number of carbonyl (C=O) groups is 2. The molecule has 0 spiro atoms. The largest absolute Gasteiger partial charge is 0.484 e. The van der Waals surface area contributed by atoms with Crippen LogP contribution in [-0.2, 0) is 11.3 Å². The Morgan fingerprint density at radius 1 is 1.10 bits per heavy atom. The Bertz CT molecular complexity index is 1080. The Balaban J connectivity index is 1.91. The second-order valence-electron chi connectivity index (χ2n) is 7.39. The zero-order chi connectivity index (χ0) is 21.8. The average molecular weight is 412 g/mol. The molecule has 7 nitrogen and oxygen atoms in total. The summed E-state index contributed by atoms with van der Waals surface area (Å²) >= 11 is 0. The first-order valence-corrected chi connectivity index (χ1v) is 10.4. The maximum atomic E-state index is 12.6. The molecule has 7 heteroatoms. The zero-order valence-electron chi connectivity index (χ0n) is 18.3. The van der Waals surface area contributed by atoms with Crippen LogP contribution in [0.15, 0.2) is 24.3 Å². The lowest BCUT2D eigenvalue weighted by Crippen LogP contribution is -2.21. The molecule has 1 aromatic carbocycles. The Morgan fingerprint density at radius 2 is 1.87 bits per heavy atom. The summed E-state index contributed by atoms with van der Waals surface area (Å²) in [5.74, 6) is -0.0651. The van der Waals surface area contributed by atoms with Gasteiger partial charge in [-0.25, -0.2) is 9.48 Å². The molecular weight excluding hydrogens is 382 g/mol. The molecule has 3 rings (SSSR count). The smallest absolute Gasteiger partial charge is 0.340 e. The number of nitrogens with zero attached hydrogens (tertiary/aromatic N) is 3. The van der Waals surface area contributed by atoms with Crippen molar-refractivity contribution in [2.24, 2.45) is 0 Å². The first kappa shape index (κ1) is 21.6. The first-order valence-electron chi connectivity index (χ1n) is 10.4. The van der Waals surface area contributed by atoms with Gasteiger partial charge in [0.1, 0.15) is 5.75 Å². The van der Waals surface area contributed by atoms with Crippen LogP contribution in [0.25, 0.3) is 10.9 Å². The number of esters is 1. The van der Waals surface area contributed by atoms with Crippen LogP contribution in [0.4, 0.5) is 0 Å². The van der Waals surface area contributed by atoms with Crippen molar-refractivity contribution in [3.05, 3.63) is 46.9 Å². The molecule has 0 fully saturated rings. The maximum absolute atomic E-state index is 12.6. The molecule has 0 radical (unpaired) electrons. The van der Waals surface area contributed by atoms with E-state index in [2.05, 4.69) is 16.6 Å². The van der Waals surface area contributed by atoms with E-state index in [0.717, 1.165) is 47.4 Å². The number of aromatic nitrogens is 3. The highest BCUT2D eigenvalue weighted by atomic mass is 16.5. The minimum Gasteiger partial charge on any atom is -0.484 e. The molecule has 160 valence electrons. The predicted molar refractivity (Wildman–Crippen MR) is 115 cm³/mol. The van der Waals surface area contributed by atoms with E-state index in [0.29, 0.717) is 17.9 Å². The van der Waals surface area contributed by atoms with Crippen molar-refractivity contribution in [2.75, 3.05) is 13.2 Å². The number of aryl methyl sites for hydroxylation is 3. The Morgan fingerprint density at radius 3 is 2.50 bits per heavy atom. The fourth-order valence-corrected chi connectivity index (χ4v) is 3.70. The molecule has 0 N–H and O–H groups in total. The van der Waals surface area contributed by atoms with Gasteiger partial charge in [0.15, 0.2) is 6.61 Å². The summed E-state index contributed by atoms with van der Waals surface area (Å²) in [5.41, 5.74) is 3.95. The van der Waals surface area contributed by atoms with Gasteiger partial charge in [-0.2, -0.15) is 5.10 Å². The van der Waals surface area contributed by atoms with Crippen LogP contribution in [0.1, 0.15) is 58.9 Å². The van der Waals surface area contributed by atoms with Gasteiger partial charge in [-0.05, 0) is 58.4 Å². The molecule has 0 amide bonds. The highest BCUT2D eigenvalue weighted by Crippen LogP contribution is 2.30. The van der Waals surface area contributed by atoms with Crippen LogP contribution < -0.4 is 4.74 Å². The molecule has 0 atom stereocenters. The Kier molecular flexibility index (Phi) is 6.59. The summed E-state index contributed by atoms with van der Waals surface area (Å²) in [6.07, 6.45) is 2.08. The molecule has 0 unspecified atom stereocenters. The second-order valence-corrected chi connectivity index (χ2v) is 7.39. The molecule has 0 aliphatic rings. The van der Waals surface area contributed by atoms with Gasteiger partial charge in [-0.15, -0.1) is 0 Å². The van der Waals surface area contributed by atoms with Crippen LogP contribution in [-0.4, -0.2) is 39.4 Å². The van der Waals surface area contributed by atoms with Crippen molar-refractivity contribution in [1.29, 1.82) is 0 Å². The molecule has 0 aliphatic heterocycles. The van der Waals surface area contributed by atoms with Crippen molar-refractivity contribution in [2.45, 2.75) is 54.0 Å². The summed E-state index contributed by atoms with van der Waals surface area (Å²) < 4.78 is 14.5. The number of ether oxygens (including phenoxy) is 2. The van der Waals surface area contributed by atoms with Crippen LogP contribution in [0.5, 0.6) is 5.75 Å². The molecule has 0 saturated carbocycles. The number of benzene rings is 1. The molecule has 0 aliphatic carbocycles. The summed E-state index contributed by atoms with van der Waals surface area (Å²) in [5, 5.41) is 4.97. The van der Waals surface area contributed by atoms with Gasteiger partial charge in [-0.1, -0.05) is 13.3 Å². The molecule has 0 bridgehead atoms. The van der Waals surface area contributed by atoms with E-state index in [-0.39, 0.29) is 18.5 Å². The van der Waals surface area contributed by atoms with Gasteiger partial charge in [0.05, 0.1) is 17.9 Å². The topological polar surface area (TPSA) is 75.3 Å². The number of unbranched alkanes of at least 4 members (excludes halogenated alkanes) is 1. The van der Waals surface area contributed by atoms with Crippen molar-refractivity contribution in [1.82, 2.24) is 14.3 Å². The molecular formula is C23H29N3O4. The lowest BCUT2D eigenvalue weighted by atomic mass is 10.1. The number of fused-ring (bicyclic) bond motifs is 1. The third-order valence-corrected chi connectivity index (χ3v) is 5.12. The molecule has 2 aromatic heterocycles. The maximum Gasteiger partial charge on any atom is 0.340 e. The minimum atomic E-state index is -0.342. The van der Waals surface area contributed by atoms with Gasteiger partial charge < -0.3 is 14.0 Å². The highest BCUT2D eigenvalue weighted by molar-refractivity contribution is 6.06. The van der Waals surface area contributed by atoms with Crippen molar-refractivity contribution < 1.29 is 19.1 Å². The number of hydrogen-bond donors (Lipinski definition) is 0.